The maximum absolute atomic E-state index is 14.2. The van der Waals surface area contributed by atoms with Crippen molar-refractivity contribution >= 4 is 22.6 Å². The second kappa shape index (κ2) is 10.8. The maximum atomic E-state index is 14.2. The summed E-state index contributed by atoms with van der Waals surface area (Å²) in [4.78, 5) is 29.2. The van der Waals surface area contributed by atoms with Gasteiger partial charge < -0.3 is 18.6 Å². The van der Waals surface area contributed by atoms with Gasteiger partial charge in [-0.25, -0.2) is 4.39 Å². The summed E-state index contributed by atoms with van der Waals surface area (Å²) in [6.45, 7) is 2.57. The molecule has 0 aliphatic carbocycles. The number of hydrogen-bond acceptors (Lipinski definition) is 6. The van der Waals surface area contributed by atoms with Crippen LogP contribution in [0.2, 0.25) is 0 Å². The Labute approximate surface area is 235 Å². The van der Waals surface area contributed by atoms with Crippen LogP contribution >= 0.6 is 0 Å². The van der Waals surface area contributed by atoms with Gasteiger partial charge in [-0.1, -0.05) is 42.5 Å². The summed E-state index contributed by atoms with van der Waals surface area (Å²) in [6, 6.07) is 24.8. The van der Waals surface area contributed by atoms with E-state index < -0.39 is 23.2 Å². The molecule has 1 aliphatic heterocycles. The summed E-state index contributed by atoms with van der Waals surface area (Å²) in [7, 11) is 1.53. The Balaban J connectivity index is 1.51. The first-order valence-electron chi connectivity index (χ1n) is 13.2. The fourth-order valence-corrected chi connectivity index (χ4v) is 5.10. The molecule has 0 bridgehead atoms. The van der Waals surface area contributed by atoms with Crippen LogP contribution in [0.3, 0.4) is 0 Å². The van der Waals surface area contributed by atoms with Gasteiger partial charge in [-0.15, -0.1) is 0 Å². The van der Waals surface area contributed by atoms with Crippen LogP contribution in [-0.4, -0.2) is 19.6 Å². The van der Waals surface area contributed by atoms with Crippen LogP contribution in [0.25, 0.3) is 11.0 Å². The molecule has 7 nitrogen and oxygen atoms in total. The van der Waals surface area contributed by atoms with Gasteiger partial charge in [0.15, 0.2) is 16.9 Å². The van der Waals surface area contributed by atoms with Gasteiger partial charge in [0.2, 0.25) is 5.76 Å². The monoisotopic (exact) mass is 551 g/mol. The minimum Gasteiger partial charge on any atom is -0.497 e. The number of hydrogen-bond donors (Lipinski definition) is 0. The predicted molar refractivity (Wildman–Crippen MR) is 152 cm³/mol. The second-order valence-corrected chi connectivity index (χ2v) is 9.51. The number of rotatable bonds is 8. The van der Waals surface area contributed by atoms with Crippen molar-refractivity contribution in [1.82, 2.24) is 0 Å². The maximum Gasteiger partial charge on any atom is 0.295 e. The van der Waals surface area contributed by atoms with Crippen molar-refractivity contribution in [2.75, 3.05) is 18.6 Å². The van der Waals surface area contributed by atoms with Crippen LogP contribution in [0.5, 0.6) is 17.2 Å². The number of anilines is 1. The topological polar surface area (TPSA) is 78.2 Å². The van der Waals surface area contributed by atoms with E-state index in [0.717, 1.165) is 11.6 Å². The highest BCUT2D eigenvalue weighted by atomic mass is 19.1. The van der Waals surface area contributed by atoms with Crippen LogP contribution in [0, 0.1) is 5.82 Å². The normalized spacial score (nSPS) is 14.3. The van der Waals surface area contributed by atoms with Crippen LogP contribution in [0.4, 0.5) is 10.1 Å². The van der Waals surface area contributed by atoms with E-state index in [2.05, 4.69) is 0 Å². The molecule has 0 radical (unpaired) electrons. The SMILES string of the molecule is CCOc1cc(C2c3c(oc4ccc(F)cc4c3=O)C(=O)N2c2cccc(OC)c2)ccc1OCc1ccccc1. The Morgan fingerprint density at radius 2 is 1.71 bits per heavy atom. The van der Waals surface area contributed by atoms with Crippen molar-refractivity contribution in [3.05, 3.63) is 129 Å². The molecule has 1 amide bonds. The summed E-state index contributed by atoms with van der Waals surface area (Å²) in [6.07, 6.45) is 0. The van der Waals surface area contributed by atoms with Gasteiger partial charge in [-0.2, -0.15) is 0 Å². The van der Waals surface area contributed by atoms with Gasteiger partial charge in [0.1, 0.15) is 23.8 Å². The van der Waals surface area contributed by atoms with Gasteiger partial charge >= 0.3 is 0 Å². The number of amides is 1. The summed E-state index contributed by atoms with van der Waals surface area (Å²) in [5.74, 6) is 0.353. The number of carbonyl (C=O) groups excluding carboxylic acids is 1. The minimum absolute atomic E-state index is 0.0573. The minimum atomic E-state index is -0.879. The molecule has 41 heavy (non-hydrogen) atoms. The Morgan fingerprint density at radius 3 is 2.49 bits per heavy atom. The molecule has 0 spiro atoms. The predicted octanol–water partition coefficient (Wildman–Crippen LogP) is 6.67. The van der Waals surface area contributed by atoms with Crippen LogP contribution in [-0.2, 0) is 6.61 Å². The number of carbonyl (C=O) groups is 1. The number of methoxy groups -OCH3 is 1. The first kappa shape index (κ1) is 26.1. The lowest BCUT2D eigenvalue weighted by atomic mass is 9.97. The summed E-state index contributed by atoms with van der Waals surface area (Å²) in [5.41, 5.74) is 1.87. The van der Waals surface area contributed by atoms with Crippen LogP contribution in [0.1, 0.15) is 40.2 Å². The largest absolute Gasteiger partial charge is 0.497 e. The zero-order chi connectivity index (χ0) is 28.5. The van der Waals surface area contributed by atoms with Gasteiger partial charge in [0, 0.05) is 11.8 Å². The summed E-state index contributed by atoms with van der Waals surface area (Å²) >= 11 is 0. The smallest absolute Gasteiger partial charge is 0.295 e. The molecule has 1 atom stereocenters. The van der Waals surface area contributed by atoms with Crippen LogP contribution in [0.15, 0.2) is 100 Å². The molecule has 1 unspecified atom stereocenters. The standard InChI is InChI=1S/C33H26FNO6/c1-3-39-28-16-21(12-14-27(28)40-19-20-8-5-4-6-9-20)30-29-31(36)25-17-22(34)13-15-26(25)41-32(29)33(37)35(30)23-10-7-11-24(18-23)38-2/h4-18,30H,3,19H2,1-2H3. The molecule has 0 fully saturated rings. The quantitative estimate of drug-likeness (QED) is 0.214. The van der Waals surface area contributed by atoms with E-state index in [4.69, 9.17) is 18.6 Å². The number of halogens is 1. The molecule has 2 heterocycles. The number of fused-ring (bicyclic) bond motifs is 2. The second-order valence-electron chi connectivity index (χ2n) is 9.51. The summed E-state index contributed by atoms with van der Waals surface area (Å²) in [5, 5.41) is 0.0573. The van der Waals surface area contributed by atoms with Crippen molar-refractivity contribution in [2.24, 2.45) is 0 Å². The molecular weight excluding hydrogens is 525 g/mol. The van der Waals surface area contributed by atoms with Gasteiger partial charge in [-0.05, 0) is 60.5 Å². The van der Waals surface area contributed by atoms with Gasteiger partial charge in [0.05, 0.1) is 30.7 Å². The highest BCUT2D eigenvalue weighted by molar-refractivity contribution is 6.10. The van der Waals surface area contributed by atoms with E-state index in [1.807, 2.05) is 37.3 Å². The van der Waals surface area contributed by atoms with Crippen molar-refractivity contribution in [1.29, 1.82) is 0 Å². The van der Waals surface area contributed by atoms with E-state index in [1.165, 1.54) is 24.1 Å². The third-order valence-electron chi connectivity index (χ3n) is 6.98. The average Bonchev–Trinajstić information content (AvgIpc) is 3.29. The lowest BCUT2D eigenvalue weighted by Crippen LogP contribution is -2.29. The third-order valence-corrected chi connectivity index (χ3v) is 6.98. The molecule has 5 aromatic rings. The zero-order valence-electron chi connectivity index (χ0n) is 22.4. The number of benzene rings is 4. The highest BCUT2D eigenvalue weighted by Crippen LogP contribution is 2.44. The Kier molecular flexibility index (Phi) is 6.89. The van der Waals surface area contributed by atoms with E-state index in [-0.39, 0.29) is 22.3 Å². The van der Waals surface area contributed by atoms with Gasteiger partial charge in [-0.3, -0.25) is 14.5 Å². The highest BCUT2D eigenvalue weighted by Gasteiger charge is 2.44. The molecule has 0 saturated carbocycles. The Hall–Kier alpha value is -5.11. The van der Waals surface area contributed by atoms with Crippen molar-refractivity contribution < 1.29 is 27.8 Å². The molecule has 4 aromatic carbocycles. The van der Waals surface area contributed by atoms with E-state index in [0.29, 0.717) is 41.7 Å². The Morgan fingerprint density at radius 1 is 0.878 bits per heavy atom. The lowest BCUT2D eigenvalue weighted by molar-refractivity contribution is 0.0971. The number of nitrogens with zero attached hydrogens (tertiary/aromatic N) is 1. The summed E-state index contributed by atoms with van der Waals surface area (Å²) < 4.78 is 37.5. The molecule has 6 rings (SSSR count). The van der Waals surface area contributed by atoms with E-state index in [1.54, 1.807) is 42.5 Å². The fraction of sp³-hybridized carbons (Fsp3) is 0.152. The number of ether oxygens (including phenoxy) is 3. The molecular formula is C33H26FNO6. The van der Waals surface area contributed by atoms with Crippen molar-refractivity contribution in [3.8, 4) is 17.2 Å². The van der Waals surface area contributed by atoms with E-state index in [9.17, 15) is 14.0 Å². The van der Waals surface area contributed by atoms with Crippen molar-refractivity contribution in [3.63, 3.8) is 0 Å². The molecule has 0 N–H and O–H groups in total. The zero-order valence-corrected chi connectivity index (χ0v) is 22.4. The average molecular weight is 552 g/mol. The first-order chi connectivity index (χ1) is 20.0. The van der Waals surface area contributed by atoms with Crippen LogP contribution < -0.4 is 24.5 Å². The lowest BCUT2D eigenvalue weighted by Gasteiger charge is -2.26. The third kappa shape index (κ3) is 4.78. The fourth-order valence-electron chi connectivity index (χ4n) is 5.10. The molecule has 0 saturated heterocycles. The Bertz CT molecular complexity index is 1820. The molecule has 1 aromatic heterocycles. The molecule has 1 aliphatic rings. The molecule has 8 heteroatoms. The van der Waals surface area contributed by atoms with Crippen molar-refractivity contribution in [2.45, 2.75) is 19.6 Å². The van der Waals surface area contributed by atoms with E-state index >= 15 is 0 Å². The first-order valence-corrected chi connectivity index (χ1v) is 13.2. The molecule has 206 valence electrons. The van der Waals surface area contributed by atoms with Gasteiger partial charge in [0.25, 0.3) is 5.91 Å².